The molecule has 0 bridgehead atoms. The number of aliphatic hydroxyl groups is 3. The van der Waals surface area contributed by atoms with Crippen molar-refractivity contribution in [2.24, 2.45) is 11.8 Å². The highest BCUT2D eigenvalue weighted by Crippen LogP contribution is 2.16. The Bertz CT molecular complexity index is 621. The van der Waals surface area contributed by atoms with Gasteiger partial charge in [-0.15, -0.1) is 0 Å². The monoisotopic (exact) mass is 676 g/mol. The molecule has 1 aliphatic heterocycles. The van der Waals surface area contributed by atoms with Crippen molar-refractivity contribution in [2.45, 2.75) is 78.7 Å². The van der Waals surface area contributed by atoms with Gasteiger partial charge in [0.25, 0.3) is 0 Å². The number of aliphatic hydroxyl groups excluding tert-OH is 3. The lowest BCUT2D eigenvalue weighted by Gasteiger charge is -2.36. The zero-order chi connectivity index (χ0) is 36.0. The third-order valence-corrected chi connectivity index (χ3v) is 8.95. The molecule has 0 amide bonds. The smallest absolute Gasteiger partial charge is 0.0669 e. The topological polar surface area (TPSA) is 83.4 Å². The van der Waals surface area contributed by atoms with E-state index in [1.807, 2.05) is 19.0 Å². The van der Waals surface area contributed by atoms with E-state index in [9.17, 15) is 10.2 Å². The fourth-order valence-corrected chi connectivity index (χ4v) is 5.59. The molecule has 0 aromatic rings. The van der Waals surface area contributed by atoms with E-state index in [-0.39, 0.29) is 12.7 Å². The second-order valence-corrected chi connectivity index (χ2v) is 15.0. The summed E-state index contributed by atoms with van der Waals surface area (Å²) in [6.45, 7) is 24.4. The van der Waals surface area contributed by atoms with Gasteiger partial charge in [0.1, 0.15) is 0 Å². The fourth-order valence-electron chi connectivity index (χ4n) is 5.59. The van der Waals surface area contributed by atoms with Gasteiger partial charge in [-0.3, -0.25) is 14.7 Å². The molecule has 1 heterocycles. The molecule has 0 aromatic carbocycles. The molecule has 1 rings (SSSR count). The van der Waals surface area contributed by atoms with E-state index < -0.39 is 0 Å². The van der Waals surface area contributed by atoms with Gasteiger partial charge in [-0.1, -0.05) is 59.8 Å². The van der Waals surface area contributed by atoms with Gasteiger partial charge in [0.2, 0.25) is 0 Å². The summed E-state index contributed by atoms with van der Waals surface area (Å²) in [5, 5.41) is 27.3. The molecule has 10 nitrogen and oxygen atoms in total. The normalized spacial score (nSPS) is 15.3. The fraction of sp³-hybridized carbons (Fsp3) is 1.00. The van der Waals surface area contributed by atoms with Gasteiger partial charge in [-0.25, -0.2) is 0 Å². The van der Waals surface area contributed by atoms with Crippen LogP contribution in [0.15, 0.2) is 0 Å². The molecule has 3 N–H and O–H groups in total. The highest BCUT2D eigenvalue weighted by molar-refractivity contribution is 4.74. The lowest BCUT2D eigenvalue weighted by atomic mass is 9.96. The van der Waals surface area contributed by atoms with Crippen LogP contribution in [0.25, 0.3) is 0 Å². The first-order chi connectivity index (χ1) is 22.3. The van der Waals surface area contributed by atoms with Crippen LogP contribution in [0.1, 0.15) is 72.6 Å². The van der Waals surface area contributed by atoms with Gasteiger partial charge in [0.05, 0.1) is 12.7 Å². The lowest BCUT2D eigenvalue weighted by Crippen LogP contribution is -2.50. The maximum Gasteiger partial charge on any atom is 0.0669 e. The number of hydrogen-bond donors (Lipinski definition) is 3. The zero-order valence-corrected chi connectivity index (χ0v) is 33.5. The number of hydrogen-bond acceptors (Lipinski definition) is 10. The Kier molecular flexibility index (Phi) is 34.0. The molecule has 0 radical (unpaired) electrons. The molecule has 0 aliphatic carbocycles. The SMILES string of the molecule is CC(C)CC(O)CN(C)C.CCC(CC)CCCCCO.CN(C)CCN(C)CCN(CCO)CCN1CCN(CCN(C)C)CC1. The first-order valence-electron chi connectivity index (χ1n) is 19.0. The molecule has 1 saturated heterocycles. The first-order valence-corrected chi connectivity index (χ1v) is 19.0. The summed E-state index contributed by atoms with van der Waals surface area (Å²) in [5.41, 5.74) is 0. The van der Waals surface area contributed by atoms with Gasteiger partial charge in [-0.2, -0.15) is 0 Å². The van der Waals surface area contributed by atoms with Crippen LogP contribution in [-0.4, -0.2) is 210 Å². The Hall–Kier alpha value is -0.400. The van der Waals surface area contributed by atoms with Crippen LogP contribution in [0.4, 0.5) is 0 Å². The summed E-state index contributed by atoms with van der Waals surface area (Å²) in [6.07, 6.45) is 8.21. The molecular formula is C37H85N7O3. The Morgan fingerprint density at radius 1 is 0.596 bits per heavy atom. The second kappa shape index (κ2) is 32.8. The van der Waals surface area contributed by atoms with Crippen LogP contribution in [0.5, 0.6) is 0 Å². The summed E-state index contributed by atoms with van der Waals surface area (Å²) in [7, 11) is 14.7. The quantitative estimate of drug-likeness (QED) is 0.126. The minimum absolute atomic E-state index is 0.157. The predicted octanol–water partition coefficient (Wildman–Crippen LogP) is 2.88. The molecular weight excluding hydrogens is 590 g/mol. The van der Waals surface area contributed by atoms with Crippen molar-refractivity contribution >= 4 is 0 Å². The molecule has 47 heavy (non-hydrogen) atoms. The highest BCUT2D eigenvalue weighted by atomic mass is 16.3. The largest absolute Gasteiger partial charge is 0.396 e. The molecule has 0 spiro atoms. The maximum atomic E-state index is 9.37. The van der Waals surface area contributed by atoms with Crippen molar-refractivity contribution < 1.29 is 15.3 Å². The van der Waals surface area contributed by atoms with Crippen molar-refractivity contribution in [2.75, 3.05) is 154 Å². The van der Waals surface area contributed by atoms with Crippen molar-refractivity contribution in [3.63, 3.8) is 0 Å². The van der Waals surface area contributed by atoms with Crippen LogP contribution in [-0.2, 0) is 0 Å². The van der Waals surface area contributed by atoms with Gasteiger partial charge in [-0.05, 0) is 74.0 Å². The average molecular weight is 676 g/mol. The van der Waals surface area contributed by atoms with Crippen LogP contribution < -0.4 is 0 Å². The standard InChI is InChI=1S/C19H44N6O.C10H22O.C8H19NO/c1-20(2)6-8-22(5)9-11-25(18-19-26)17-16-24-14-12-23(13-15-24)10-7-21(3)4;1-3-10(4-2)8-6-5-7-9-11;1-7(2)5-8(10)6-9(3)4/h26H,6-19H2,1-5H3;10-11H,3-9H2,1-2H3;7-8,10H,5-6H2,1-4H3. The number of likely N-dealkylation sites (N-methyl/N-ethyl adjacent to an activating group) is 4. The number of rotatable bonds is 25. The van der Waals surface area contributed by atoms with E-state index in [1.54, 1.807) is 0 Å². The summed E-state index contributed by atoms with van der Waals surface area (Å²) in [4.78, 5) is 16.4. The van der Waals surface area contributed by atoms with Crippen LogP contribution >= 0.6 is 0 Å². The summed E-state index contributed by atoms with van der Waals surface area (Å²) in [6, 6.07) is 0. The molecule has 0 saturated carbocycles. The number of nitrogens with zero attached hydrogens (tertiary/aromatic N) is 7. The van der Waals surface area contributed by atoms with Gasteiger partial charge >= 0.3 is 0 Å². The van der Waals surface area contributed by atoms with Gasteiger partial charge in [0, 0.05) is 98.2 Å². The Morgan fingerprint density at radius 3 is 1.57 bits per heavy atom. The molecule has 10 heteroatoms. The lowest BCUT2D eigenvalue weighted by molar-refractivity contribution is 0.105. The van der Waals surface area contributed by atoms with Crippen LogP contribution in [0.3, 0.4) is 0 Å². The van der Waals surface area contributed by atoms with E-state index in [4.69, 9.17) is 5.11 Å². The minimum Gasteiger partial charge on any atom is -0.396 e. The van der Waals surface area contributed by atoms with Crippen molar-refractivity contribution in [3.05, 3.63) is 0 Å². The van der Waals surface area contributed by atoms with E-state index >= 15 is 0 Å². The van der Waals surface area contributed by atoms with Gasteiger partial charge < -0.3 is 34.9 Å². The van der Waals surface area contributed by atoms with Crippen molar-refractivity contribution in [1.82, 2.24) is 34.3 Å². The van der Waals surface area contributed by atoms with E-state index in [0.29, 0.717) is 12.5 Å². The molecule has 286 valence electrons. The maximum absolute atomic E-state index is 9.37. The Morgan fingerprint density at radius 2 is 1.13 bits per heavy atom. The van der Waals surface area contributed by atoms with Crippen LogP contribution in [0.2, 0.25) is 0 Å². The van der Waals surface area contributed by atoms with Crippen molar-refractivity contribution in [1.29, 1.82) is 0 Å². The Balaban J connectivity index is 0. The first kappa shape index (κ1) is 48.7. The molecule has 1 atom stereocenters. The second-order valence-electron chi connectivity index (χ2n) is 15.0. The predicted molar refractivity (Wildman–Crippen MR) is 205 cm³/mol. The van der Waals surface area contributed by atoms with Gasteiger partial charge in [0.15, 0.2) is 0 Å². The zero-order valence-electron chi connectivity index (χ0n) is 33.5. The minimum atomic E-state index is -0.157. The number of unbranched alkanes of at least 4 members (excludes halogenated alkanes) is 2. The third kappa shape index (κ3) is 33.9. The van der Waals surface area contributed by atoms with Crippen LogP contribution in [0, 0.1) is 11.8 Å². The molecule has 1 unspecified atom stereocenters. The van der Waals surface area contributed by atoms with E-state index in [0.717, 1.165) is 77.7 Å². The van der Waals surface area contributed by atoms with E-state index in [1.165, 1.54) is 64.8 Å². The summed E-state index contributed by atoms with van der Waals surface area (Å²) < 4.78 is 0. The van der Waals surface area contributed by atoms with E-state index in [2.05, 4.69) is 92.3 Å². The van der Waals surface area contributed by atoms with Crippen molar-refractivity contribution in [3.8, 4) is 0 Å². The summed E-state index contributed by atoms with van der Waals surface area (Å²) >= 11 is 0. The molecule has 1 fully saturated rings. The Labute approximate surface area is 294 Å². The molecule has 1 aliphatic rings. The third-order valence-electron chi connectivity index (χ3n) is 8.95. The summed E-state index contributed by atoms with van der Waals surface area (Å²) in [5.74, 6) is 1.52. The average Bonchev–Trinajstić information content (AvgIpc) is 3.00. The molecule has 0 aromatic heterocycles. The highest BCUT2D eigenvalue weighted by Gasteiger charge is 2.17. The number of piperazine rings is 1.